The molecule has 2 aromatic rings. The molecule has 0 saturated heterocycles. The van der Waals surface area contributed by atoms with Gasteiger partial charge in [0.15, 0.2) is 5.15 Å². The van der Waals surface area contributed by atoms with Gasteiger partial charge < -0.3 is 5.32 Å². The van der Waals surface area contributed by atoms with Gasteiger partial charge >= 0.3 is 0 Å². The summed E-state index contributed by atoms with van der Waals surface area (Å²) in [7, 11) is 0. The van der Waals surface area contributed by atoms with Crippen molar-refractivity contribution in [2.45, 2.75) is 19.8 Å². The zero-order valence-corrected chi connectivity index (χ0v) is 13.3. The van der Waals surface area contributed by atoms with Gasteiger partial charge in [-0.3, -0.25) is 4.79 Å². The average molecular weight is 354 g/mol. The Morgan fingerprint density at radius 3 is 2.95 bits per heavy atom. The van der Waals surface area contributed by atoms with E-state index in [1.54, 1.807) is 12.3 Å². The number of aryl methyl sites for hydroxylation is 2. The van der Waals surface area contributed by atoms with Crippen LogP contribution in [0.15, 0.2) is 41.0 Å². The van der Waals surface area contributed by atoms with Crippen molar-refractivity contribution in [3.05, 3.63) is 57.3 Å². The van der Waals surface area contributed by atoms with Gasteiger partial charge in [0.25, 0.3) is 0 Å². The number of amides is 1. The average Bonchev–Trinajstić information content (AvgIpc) is 2.41. The molecule has 0 unspecified atom stereocenters. The Balaban J connectivity index is 1.94. The summed E-state index contributed by atoms with van der Waals surface area (Å²) in [6.07, 6.45) is 2.70. The maximum atomic E-state index is 11.9. The lowest BCUT2D eigenvalue weighted by Crippen LogP contribution is -2.13. The molecular formula is C15H14BrClN2O. The molecule has 0 atom stereocenters. The Morgan fingerprint density at radius 1 is 1.40 bits per heavy atom. The molecule has 1 aromatic carbocycles. The van der Waals surface area contributed by atoms with Crippen molar-refractivity contribution in [3.8, 4) is 0 Å². The number of benzene rings is 1. The molecule has 1 aromatic heterocycles. The summed E-state index contributed by atoms with van der Waals surface area (Å²) in [6.45, 7) is 2.04. The lowest BCUT2D eigenvalue weighted by Gasteiger charge is -2.07. The Hall–Kier alpha value is -1.39. The molecule has 1 amide bonds. The first-order valence-corrected chi connectivity index (χ1v) is 7.38. The first kappa shape index (κ1) is 15.0. The number of nitrogens with one attached hydrogen (secondary N) is 1. The van der Waals surface area contributed by atoms with Crippen LogP contribution in [0.2, 0.25) is 5.15 Å². The fraction of sp³-hybridized carbons (Fsp3) is 0.200. The van der Waals surface area contributed by atoms with Gasteiger partial charge in [-0.25, -0.2) is 4.98 Å². The van der Waals surface area contributed by atoms with Gasteiger partial charge in [0.05, 0.1) is 5.69 Å². The summed E-state index contributed by atoms with van der Waals surface area (Å²) in [6, 6.07) is 9.88. The van der Waals surface area contributed by atoms with Crippen molar-refractivity contribution in [1.29, 1.82) is 0 Å². The van der Waals surface area contributed by atoms with E-state index in [4.69, 9.17) is 11.6 Å². The van der Waals surface area contributed by atoms with Gasteiger partial charge in [0.2, 0.25) is 5.91 Å². The second-order valence-electron chi connectivity index (χ2n) is 4.53. The molecule has 2 rings (SSSR count). The zero-order valence-electron chi connectivity index (χ0n) is 11.0. The van der Waals surface area contributed by atoms with Crippen LogP contribution in [-0.4, -0.2) is 10.9 Å². The van der Waals surface area contributed by atoms with Gasteiger partial charge in [0.1, 0.15) is 0 Å². The van der Waals surface area contributed by atoms with Crippen LogP contribution in [0, 0.1) is 6.92 Å². The van der Waals surface area contributed by atoms with Crippen LogP contribution in [0.3, 0.4) is 0 Å². The first-order chi connectivity index (χ1) is 9.54. The molecule has 5 heteroatoms. The third kappa shape index (κ3) is 4.32. The molecule has 0 fully saturated rings. The van der Waals surface area contributed by atoms with Crippen molar-refractivity contribution in [1.82, 2.24) is 4.98 Å². The number of carbonyl (C=O) groups is 1. The Morgan fingerprint density at radius 2 is 2.20 bits per heavy atom. The molecule has 3 nitrogen and oxygen atoms in total. The highest BCUT2D eigenvalue weighted by Crippen LogP contribution is 2.23. The number of aromatic nitrogens is 1. The first-order valence-electron chi connectivity index (χ1n) is 6.21. The predicted octanol–water partition coefficient (Wildman–Crippen LogP) is 4.38. The summed E-state index contributed by atoms with van der Waals surface area (Å²) < 4.78 is 0.774. The number of halogens is 2. The Bertz CT molecular complexity index is 631. The molecule has 0 aliphatic carbocycles. The van der Waals surface area contributed by atoms with Crippen LogP contribution >= 0.6 is 27.5 Å². The predicted molar refractivity (Wildman–Crippen MR) is 85.1 cm³/mol. The molecular weight excluding hydrogens is 340 g/mol. The van der Waals surface area contributed by atoms with Gasteiger partial charge in [0, 0.05) is 17.1 Å². The van der Waals surface area contributed by atoms with Crippen molar-refractivity contribution >= 4 is 39.1 Å². The number of anilines is 1. The molecule has 0 aliphatic rings. The molecule has 0 saturated carbocycles. The van der Waals surface area contributed by atoms with Gasteiger partial charge in [-0.15, -0.1) is 0 Å². The molecule has 0 radical (unpaired) electrons. The number of rotatable bonds is 4. The standard InChI is InChI=1S/C15H14BrClN2O/c1-10-3-2-4-11(7-10)5-6-14(20)19-13-8-12(16)9-18-15(13)17/h2-4,7-9H,5-6H2,1H3,(H,19,20). The minimum absolute atomic E-state index is 0.0756. The fourth-order valence-corrected chi connectivity index (χ4v) is 2.33. The van der Waals surface area contributed by atoms with Gasteiger partial charge in [-0.05, 0) is 40.9 Å². The van der Waals surface area contributed by atoms with Crippen molar-refractivity contribution < 1.29 is 4.79 Å². The van der Waals surface area contributed by atoms with E-state index in [0.717, 1.165) is 10.0 Å². The fourth-order valence-electron chi connectivity index (χ4n) is 1.85. The normalized spacial score (nSPS) is 10.3. The minimum atomic E-state index is -0.0756. The summed E-state index contributed by atoms with van der Waals surface area (Å²) in [5.41, 5.74) is 2.87. The van der Waals surface area contributed by atoms with Gasteiger partial charge in [-0.1, -0.05) is 41.4 Å². The molecule has 0 spiro atoms. The minimum Gasteiger partial charge on any atom is -0.323 e. The molecule has 0 aliphatic heterocycles. The SMILES string of the molecule is Cc1cccc(CCC(=O)Nc2cc(Br)cnc2Cl)c1. The topological polar surface area (TPSA) is 42.0 Å². The smallest absolute Gasteiger partial charge is 0.224 e. The summed E-state index contributed by atoms with van der Waals surface area (Å²) >= 11 is 9.23. The van der Waals surface area contributed by atoms with Crippen LogP contribution in [0.1, 0.15) is 17.5 Å². The summed E-state index contributed by atoms with van der Waals surface area (Å²) in [4.78, 5) is 15.9. The van der Waals surface area contributed by atoms with E-state index < -0.39 is 0 Å². The van der Waals surface area contributed by atoms with E-state index in [1.165, 1.54) is 5.56 Å². The largest absolute Gasteiger partial charge is 0.323 e. The number of carbonyl (C=O) groups excluding carboxylic acids is 1. The van der Waals surface area contributed by atoms with E-state index in [-0.39, 0.29) is 11.1 Å². The lowest BCUT2D eigenvalue weighted by atomic mass is 10.1. The highest BCUT2D eigenvalue weighted by molar-refractivity contribution is 9.10. The second-order valence-corrected chi connectivity index (χ2v) is 5.80. The highest BCUT2D eigenvalue weighted by atomic mass is 79.9. The third-order valence-electron chi connectivity index (χ3n) is 2.80. The van der Waals surface area contributed by atoms with Crippen molar-refractivity contribution in [2.24, 2.45) is 0 Å². The van der Waals surface area contributed by atoms with E-state index in [2.05, 4.69) is 32.3 Å². The monoisotopic (exact) mass is 352 g/mol. The number of hydrogen-bond donors (Lipinski definition) is 1. The third-order valence-corrected chi connectivity index (χ3v) is 3.54. The maximum absolute atomic E-state index is 11.9. The highest BCUT2D eigenvalue weighted by Gasteiger charge is 2.08. The quantitative estimate of drug-likeness (QED) is 0.829. The van der Waals surface area contributed by atoms with Crippen LogP contribution in [0.5, 0.6) is 0 Å². The Kier molecular flexibility index (Phi) is 5.15. The molecule has 1 N–H and O–H groups in total. The number of nitrogens with zero attached hydrogens (tertiary/aromatic N) is 1. The van der Waals surface area contributed by atoms with Crippen molar-refractivity contribution in [3.63, 3.8) is 0 Å². The summed E-state index contributed by atoms with van der Waals surface area (Å²) in [5, 5.41) is 3.06. The maximum Gasteiger partial charge on any atom is 0.224 e. The van der Waals surface area contributed by atoms with Crippen LogP contribution in [-0.2, 0) is 11.2 Å². The number of hydrogen-bond acceptors (Lipinski definition) is 2. The van der Waals surface area contributed by atoms with Crippen LogP contribution in [0.4, 0.5) is 5.69 Å². The lowest BCUT2D eigenvalue weighted by molar-refractivity contribution is -0.116. The second kappa shape index (κ2) is 6.86. The van der Waals surface area contributed by atoms with Gasteiger partial charge in [-0.2, -0.15) is 0 Å². The number of pyridine rings is 1. The van der Waals surface area contributed by atoms with E-state index in [1.807, 2.05) is 25.1 Å². The van der Waals surface area contributed by atoms with E-state index in [9.17, 15) is 4.79 Å². The van der Waals surface area contributed by atoms with Crippen LogP contribution in [0.25, 0.3) is 0 Å². The molecule has 0 bridgehead atoms. The zero-order chi connectivity index (χ0) is 14.5. The molecule has 1 heterocycles. The Labute approximate surface area is 131 Å². The van der Waals surface area contributed by atoms with E-state index >= 15 is 0 Å². The molecule has 104 valence electrons. The van der Waals surface area contributed by atoms with E-state index in [0.29, 0.717) is 18.5 Å². The molecule has 20 heavy (non-hydrogen) atoms. The van der Waals surface area contributed by atoms with Crippen LogP contribution < -0.4 is 5.32 Å². The van der Waals surface area contributed by atoms with Crippen molar-refractivity contribution in [2.75, 3.05) is 5.32 Å². The summed E-state index contributed by atoms with van der Waals surface area (Å²) in [5.74, 6) is -0.0756.